The van der Waals surface area contributed by atoms with Gasteiger partial charge in [-0.05, 0) is 54.2 Å². The zero-order chi connectivity index (χ0) is 25.7. The molecule has 0 saturated heterocycles. The van der Waals surface area contributed by atoms with E-state index in [4.69, 9.17) is 4.74 Å². The van der Waals surface area contributed by atoms with Crippen molar-refractivity contribution in [2.45, 2.75) is 39.5 Å². The Kier molecular flexibility index (Phi) is 8.36. The number of nitrogens with zero attached hydrogens (tertiary/aromatic N) is 1. The maximum Gasteiger partial charge on any atom is 0.319 e. The highest BCUT2D eigenvalue weighted by atomic mass is 32.2. The van der Waals surface area contributed by atoms with Gasteiger partial charge in [0.05, 0.1) is 29.5 Å². The van der Waals surface area contributed by atoms with E-state index in [0.29, 0.717) is 17.2 Å². The topological polar surface area (TPSA) is 108 Å². The van der Waals surface area contributed by atoms with Gasteiger partial charge in [-0.3, -0.25) is 14.4 Å². The van der Waals surface area contributed by atoms with E-state index in [9.17, 15) is 19.6 Å². The highest BCUT2D eigenvalue weighted by molar-refractivity contribution is 8.03. The second kappa shape index (κ2) is 11.2. The summed E-state index contributed by atoms with van der Waals surface area (Å²) in [6.45, 7) is 8.09. The number of carbonyl (C=O) groups excluding carboxylic acids is 3. The number of anilines is 1. The molecule has 1 aliphatic rings. The predicted molar refractivity (Wildman–Crippen MR) is 137 cm³/mol. The van der Waals surface area contributed by atoms with Crippen molar-refractivity contribution >= 4 is 35.2 Å². The Hall–Kier alpha value is -3.57. The van der Waals surface area contributed by atoms with Crippen LogP contribution in [0.3, 0.4) is 0 Å². The van der Waals surface area contributed by atoms with Crippen molar-refractivity contribution in [1.29, 1.82) is 5.26 Å². The molecule has 0 unspecified atom stereocenters. The van der Waals surface area contributed by atoms with Crippen molar-refractivity contribution in [2.75, 3.05) is 18.2 Å². The molecule has 0 aliphatic carbocycles. The monoisotopic (exact) mass is 491 g/mol. The number of hydrogen-bond donors (Lipinski definition) is 2. The summed E-state index contributed by atoms with van der Waals surface area (Å²) in [6.07, 6.45) is 0. The van der Waals surface area contributed by atoms with Gasteiger partial charge in [0.25, 0.3) is 0 Å². The lowest BCUT2D eigenvalue weighted by molar-refractivity contribution is -0.150. The van der Waals surface area contributed by atoms with Gasteiger partial charge in [-0.25, -0.2) is 0 Å². The number of aryl methyl sites for hydroxylation is 2. The molecule has 3 rings (SSSR count). The Morgan fingerprint density at radius 3 is 2.40 bits per heavy atom. The molecule has 35 heavy (non-hydrogen) atoms. The van der Waals surface area contributed by atoms with E-state index in [2.05, 4.69) is 30.6 Å². The van der Waals surface area contributed by atoms with Crippen LogP contribution < -0.4 is 10.6 Å². The minimum absolute atomic E-state index is 0.0182. The minimum Gasteiger partial charge on any atom is -0.468 e. The highest BCUT2D eigenvalue weighted by Gasteiger charge is 2.44. The van der Waals surface area contributed by atoms with Gasteiger partial charge in [-0.15, -0.1) is 0 Å². The average Bonchev–Trinajstić information content (AvgIpc) is 2.84. The lowest BCUT2D eigenvalue weighted by atomic mass is 9.78. The Labute approximate surface area is 209 Å². The summed E-state index contributed by atoms with van der Waals surface area (Å²) >= 11 is 1.06. The summed E-state index contributed by atoms with van der Waals surface area (Å²) in [4.78, 5) is 38.1. The quantitative estimate of drug-likeness (QED) is 0.435. The maximum atomic E-state index is 13.0. The lowest BCUT2D eigenvalue weighted by Gasteiger charge is -2.31. The molecule has 2 N–H and O–H groups in total. The fraction of sp³-hybridized carbons (Fsp3) is 0.333. The molecule has 1 heterocycles. The first-order valence-corrected chi connectivity index (χ1v) is 12.3. The molecular weight excluding hydrogens is 462 g/mol. The first-order chi connectivity index (χ1) is 16.7. The standard InChI is InChI=1S/C27H29N3O4S/c1-15(2)18-7-9-19(10-8-18)23-21(13-28)26(30-25(32)24(23)27(33)34-5)35-14-22(31)29-20-11-6-16(3)17(4)12-20/h6-12,15,23-24H,14H2,1-5H3,(H,29,31)(H,30,32)/t23-,24-/m1/s1. The van der Waals surface area contributed by atoms with Crippen LogP contribution in [-0.4, -0.2) is 30.6 Å². The van der Waals surface area contributed by atoms with E-state index in [-0.39, 0.29) is 22.3 Å². The zero-order valence-electron chi connectivity index (χ0n) is 20.5. The Bertz CT molecular complexity index is 1210. The number of hydrogen-bond acceptors (Lipinski definition) is 6. The average molecular weight is 492 g/mol. The fourth-order valence-corrected chi connectivity index (χ4v) is 4.77. The summed E-state index contributed by atoms with van der Waals surface area (Å²) in [5.41, 5.74) is 4.84. The van der Waals surface area contributed by atoms with E-state index in [1.54, 1.807) is 0 Å². The van der Waals surface area contributed by atoms with E-state index in [0.717, 1.165) is 28.5 Å². The maximum absolute atomic E-state index is 13.0. The third kappa shape index (κ3) is 5.92. The van der Waals surface area contributed by atoms with Crippen molar-refractivity contribution in [3.05, 3.63) is 75.3 Å². The molecule has 0 bridgehead atoms. The molecule has 0 spiro atoms. The normalized spacial score (nSPS) is 17.6. The van der Waals surface area contributed by atoms with Crippen LogP contribution in [-0.2, 0) is 19.1 Å². The number of nitriles is 1. The number of methoxy groups -OCH3 is 1. The summed E-state index contributed by atoms with van der Waals surface area (Å²) < 4.78 is 4.88. The molecule has 2 aromatic carbocycles. The van der Waals surface area contributed by atoms with Gasteiger partial charge < -0.3 is 15.4 Å². The second-order valence-corrected chi connectivity index (χ2v) is 9.77. The van der Waals surface area contributed by atoms with E-state index >= 15 is 0 Å². The third-order valence-corrected chi connectivity index (χ3v) is 7.10. The number of rotatable bonds is 7. The smallest absolute Gasteiger partial charge is 0.319 e. The number of benzene rings is 2. The number of allylic oxidation sites excluding steroid dienone is 1. The van der Waals surface area contributed by atoms with Crippen LogP contribution in [0.15, 0.2) is 53.1 Å². The number of amides is 2. The van der Waals surface area contributed by atoms with Crippen molar-refractivity contribution in [3.8, 4) is 6.07 Å². The zero-order valence-corrected chi connectivity index (χ0v) is 21.3. The molecule has 2 amide bonds. The third-order valence-electron chi connectivity index (χ3n) is 6.08. The van der Waals surface area contributed by atoms with E-state index in [1.165, 1.54) is 7.11 Å². The fourth-order valence-electron chi connectivity index (χ4n) is 3.92. The van der Waals surface area contributed by atoms with Gasteiger partial charge in [0.15, 0.2) is 0 Å². The van der Waals surface area contributed by atoms with Gasteiger partial charge in [-0.1, -0.05) is 55.9 Å². The van der Waals surface area contributed by atoms with Crippen LogP contribution in [0.1, 0.15) is 47.9 Å². The second-order valence-electron chi connectivity index (χ2n) is 8.78. The van der Waals surface area contributed by atoms with Gasteiger partial charge in [0.2, 0.25) is 11.8 Å². The van der Waals surface area contributed by atoms with Crippen LogP contribution in [0.5, 0.6) is 0 Å². The van der Waals surface area contributed by atoms with Crippen LogP contribution in [0.25, 0.3) is 0 Å². The van der Waals surface area contributed by atoms with E-state index < -0.39 is 23.7 Å². The SMILES string of the molecule is COC(=O)[C@H]1C(=O)NC(SCC(=O)Nc2ccc(C)c(C)c2)=C(C#N)[C@H]1c1ccc(C(C)C)cc1. The molecular formula is C27H29N3O4S. The summed E-state index contributed by atoms with van der Waals surface area (Å²) in [6, 6.07) is 15.3. The summed E-state index contributed by atoms with van der Waals surface area (Å²) in [7, 11) is 1.21. The van der Waals surface area contributed by atoms with E-state index in [1.807, 2.05) is 56.3 Å². The molecule has 2 atom stereocenters. The Balaban J connectivity index is 1.89. The van der Waals surface area contributed by atoms with Crippen molar-refractivity contribution in [2.24, 2.45) is 5.92 Å². The highest BCUT2D eigenvalue weighted by Crippen LogP contribution is 2.40. The van der Waals surface area contributed by atoms with Crippen LogP contribution >= 0.6 is 11.8 Å². The largest absolute Gasteiger partial charge is 0.468 e. The van der Waals surface area contributed by atoms with Gasteiger partial charge >= 0.3 is 5.97 Å². The Morgan fingerprint density at radius 2 is 1.83 bits per heavy atom. The van der Waals surface area contributed by atoms with Crippen molar-refractivity contribution in [1.82, 2.24) is 5.32 Å². The molecule has 0 aromatic heterocycles. The first-order valence-electron chi connectivity index (χ1n) is 11.3. The predicted octanol–water partition coefficient (Wildman–Crippen LogP) is 4.54. The molecule has 0 fully saturated rings. The number of nitrogens with one attached hydrogen (secondary N) is 2. The van der Waals surface area contributed by atoms with Crippen LogP contribution in [0.4, 0.5) is 5.69 Å². The lowest BCUT2D eigenvalue weighted by Crippen LogP contribution is -2.44. The Morgan fingerprint density at radius 1 is 1.14 bits per heavy atom. The molecule has 2 aromatic rings. The summed E-state index contributed by atoms with van der Waals surface area (Å²) in [5.74, 6) is -3.28. The number of esters is 1. The molecule has 8 heteroatoms. The van der Waals surface area contributed by atoms with Crippen LogP contribution in [0, 0.1) is 31.1 Å². The number of carbonyl (C=O) groups is 3. The number of thioether (sulfide) groups is 1. The van der Waals surface area contributed by atoms with Gasteiger partial charge in [0, 0.05) is 11.6 Å². The molecule has 0 radical (unpaired) electrons. The van der Waals surface area contributed by atoms with Gasteiger partial charge in [-0.2, -0.15) is 5.26 Å². The first kappa shape index (κ1) is 26.0. The number of ether oxygens (including phenoxy) is 1. The molecule has 7 nitrogen and oxygen atoms in total. The van der Waals surface area contributed by atoms with Crippen LogP contribution in [0.2, 0.25) is 0 Å². The van der Waals surface area contributed by atoms with Crippen molar-refractivity contribution < 1.29 is 19.1 Å². The molecule has 1 aliphatic heterocycles. The van der Waals surface area contributed by atoms with Gasteiger partial charge in [0.1, 0.15) is 5.92 Å². The molecule has 182 valence electrons. The van der Waals surface area contributed by atoms with Crippen molar-refractivity contribution in [3.63, 3.8) is 0 Å². The minimum atomic E-state index is -1.20. The summed E-state index contributed by atoms with van der Waals surface area (Å²) in [5, 5.41) is 15.8. The molecule has 0 saturated carbocycles.